The molecule has 0 bridgehead atoms. The summed E-state index contributed by atoms with van der Waals surface area (Å²) in [5.41, 5.74) is 2.59. The van der Waals surface area contributed by atoms with Crippen LogP contribution in [-0.2, 0) is 11.3 Å². The molecule has 2 aliphatic rings. The van der Waals surface area contributed by atoms with Crippen molar-refractivity contribution in [3.05, 3.63) is 47.1 Å². The smallest absolute Gasteiger partial charge is 0.235 e. The third-order valence-electron chi connectivity index (χ3n) is 3.95. The second-order valence-corrected chi connectivity index (χ2v) is 6.46. The Hall–Kier alpha value is -1.37. The maximum absolute atomic E-state index is 5.71. The predicted octanol–water partition coefficient (Wildman–Crippen LogP) is 2.11. The Morgan fingerprint density at radius 1 is 1.29 bits per heavy atom. The minimum Gasteiger partial charge on any atom is -0.368 e. The maximum atomic E-state index is 5.71. The van der Waals surface area contributed by atoms with Gasteiger partial charge in [0.25, 0.3) is 0 Å². The number of ether oxygens (including phenoxy) is 1. The number of fused-ring (bicyclic) bond motifs is 1. The number of hydrogen-bond acceptors (Lipinski definition) is 6. The Morgan fingerprint density at radius 2 is 2.24 bits per heavy atom. The highest BCUT2D eigenvalue weighted by Gasteiger charge is 2.28. The van der Waals surface area contributed by atoms with E-state index < -0.39 is 0 Å². The first-order valence-corrected chi connectivity index (χ1v) is 8.38. The van der Waals surface area contributed by atoms with Gasteiger partial charge in [0.15, 0.2) is 0 Å². The lowest BCUT2D eigenvalue weighted by Gasteiger charge is -2.23. The second kappa shape index (κ2) is 5.79. The van der Waals surface area contributed by atoms with Gasteiger partial charge in [-0.1, -0.05) is 29.4 Å². The zero-order valence-electron chi connectivity index (χ0n) is 11.6. The normalized spacial score (nSPS) is 25.5. The lowest BCUT2D eigenvalue weighted by atomic mass is 9.91. The van der Waals surface area contributed by atoms with Crippen molar-refractivity contribution in [2.45, 2.75) is 18.6 Å². The zero-order valence-corrected chi connectivity index (χ0v) is 12.4. The summed E-state index contributed by atoms with van der Waals surface area (Å²) in [5, 5.41) is 7.55. The van der Waals surface area contributed by atoms with E-state index in [0.717, 1.165) is 31.2 Å². The van der Waals surface area contributed by atoms with Crippen LogP contribution in [0.1, 0.15) is 34.9 Å². The molecule has 2 aromatic rings. The molecule has 0 spiro atoms. The number of nitrogens with zero attached hydrogens (tertiary/aromatic N) is 2. The minimum absolute atomic E-state index is 0.0342. The molecule has 0 aliphatic carbocycles. The van der Waals surface area contributed by atoms with Gasteiger partial charge in [-0.2, -0.15) is 16.7 Å². The first-order valence-electron chi connectivity index (χ1n) is 7.23. The van der Waals surface area contributed by atoms with Crippen LogP contribution in [0.25, 0.3) is 0 Å². The van der Waals surface area contributed by atoms with Gasteiger partial charge >= 0.3 is 0 Å². The van der Waals surface area contributed by atoms with Crippen molar-refractivity contribution in [3.8, 4) is 0 Å². The van der Waals surface area contributed by atoms with E-state index in [0.29, 0.717) is 11.7 Å². The second-order valence-electron chi connectivity index (χ2n) is 5.31. The third-order valence-corrected chi connectivity index (χ3v) is 4.95. The molecule has 4 rings (SSSR count). The van der Waals surface area contributed by atoms with Crippen LogP contribution < -0.4 is 5.32 Å². The SMILES string of the molecule is c1ccc2c(c1)CNCC2c1nc(C2CSCCO2)no1. The molecule has 1 aromatic carbocycles. The molecule has 1 N–H and O–H groups in total. The topological polar surface area (TPSA) is 60.2 Å². The summed E-state index contributed by atoms with van der Waals surface area (Å²) in [6, 6.07) is 8.43. The molecule has 3 heterocycles. The van der Waals surface area contributed by atoms with Crippen molar-refractivity contribution in [1.29, 1.82) is 0 Å². The summed E-state index contributed by atoms with van der Waals surface area (Å²) in [4.78, 5) is 4.60. The van der Waals surface area contributed by atoms with E-state index in [-0.39, 0.29) is 12.0 Å². The van der Waals surface area contributed by atoms with Gasteiger partial charge in [0.05, 0.1) is 12.5 Å². The molecular formula is C15H17N3O2S. The van der Waals surface area contributed by atoms with Crippen LogP contribution in [0.5, 0.6) is 0 Å². The predicted molar refractivity (Wildman–Crippen MR) is 80.3 cm³/mol. The number of benzene rings is 1. The number of thioether (sulfide) groups is 1. The van der Waals surface area contributed by atoms with E-state index in [9.17, 15) is 0 Å². The van der Waals surface area contributed by atoms with Gasteiger partial charge in [0.1, 0.15) is 6.10 Å². The molecule has 1 aromatic heterocycles. The number of nitrogens with one attached hydrogen (secondary N) is 1. The Kier molecular flexibility index (Phi) is 3.67. The van der Waals surface area contributed by atoms with Crippen LogP contribution in [0.3, 0.4) is 0 Å². The molecule has 1 saturated heterocycles. The van der Waals surface area contributed by atoms with Crippen LogP contribution in [0.4, 0.5) is 0 Å². The number of aromatic nitrogens is 2. The highest BCUT2D eigenvalue weighted by molar-refractivity contribution is 7.99. The molecule has 2 aliphatic heterocycles. The van der Waals surface area contributed by atoms with Crippen LogP contribution in [-0.4, -0.2) is 34.8 Å². The van der Waals surface area contributed by atoms with E-state index in [1.807, 2.05) is 11.8 Å². The van der Waals surface area contributed by atoms with E-state index >= 15 is 0 Å². The highest BCUT2D eigenvalue weighted by atomic mass is 32.2. The number of hydrogen-bond donors (Lipinski definition) is 1. The van der Waals surface area contributed by atoms with E-state index in [1.165, 1.54) is 11.1 Å². The summed E-state index contributed by atoms with van der Waals surface area (Å²) >= 11 is 1.87. The zero-order chi connectivity index (χ0) is 14.1. The van der Waals surface area contributed by atoms with Gasteiger partial charge in [-0.25, -0.2) is 0 Å². The highest BCUT2D eigenvalue weighted by Crippen LogP contribution is 2.31. The summed E-state index contributed by atoms with van der Waals surface area (Å²) in [6.07, 6.45) is -0.0342. The average molecular weight is 303 g/mol. The van der Waals surface area contributed by atoms with E-state index in [4.69, 9.17) is 9.26 Å². The summed E-state index contributed by atoms with van der Waals surface area (Å²) in [6.45, 7) is 2.49. The van der Waals surface area contributed by atoms with Crippen LogP contribution in [0.2, 0.25) is 0 Å². The lowest BCUT2D eigenvalue weighted by molar-refractivity contribution is 0.0677. The third kappa shape index (κ3) is 2.59. The molecule has 0 saturated carbocycles. The molecule has 2 atom stereocenters. The lowest BCUT2D eigenvalue weighted by Crippen LogP contribution is -2.29. The molecule has 110 valence electrons. The molecular weight excluding hydrogens is 286 g/mol. The van der Waals surface area contributed by atoms with Crippen molar-refractivity contribution in [2.75, 3.05) is 24.7 Å². The fourth-order valence-corrected chi connectivity index (χ4v) is 3.71. The standard InChI is InChI=1S/C15H17N3O2S/c1-2-4-11-10(3-1)7-16-8-12(11)15-17-14(18-20-15)13-9-21-6-5-19-13/h1-4,12-13,16H,5-9H2. The number of rotatable bonds is 2. The monoisotopic (exact) mass is 303 g/mol. The van der Waals surface area contributed by atoms with Gasteiger partial charge in [0, 0.05) is 24.6 Å². The quantitative estimate of drug-likeness (QED) is 0.917. The maximum Gasteiger partial charge on any atom is 0.235 e. The Morgan fingerprint density at radius 3 is 3.14 bits per heavy atom. The average Bonchev–Trinajstić information content (AvgIpc) is 3.05. The van der Waals surface area contributed by atoms with Gasteiger partial charge in [-0.05, 0) is 11.1 Å². The van der Waals surface area contributed by atoms with Crippen molar-refractivity contribution in [2.24, 2.45) is 0 Å². The van der Waals surface area contributed by atoms with Crippen LogP contribution in [0, 0.1) is 0 Å². The fourth-order valence-electron chi connectivity index (χ4n) is 2.87. The fraction of sp³-hybridized carbons (Fsp3) is 0.467. The van der Waals surface area contributed by atoms with Gasteiger partial charge in [-0.3, -0.25) is 0 Å². The summed E-state index contributed by atoms with van der Waals surface area (Å²) in [5.74, 6) is 3.44. The first kappa shape index (κ1) is 13.3. The molecule has 21 heavy (non-hydrogen) atoms. The van der Waals surface area contributed by atoms with Crippen molar-refractivity contribution < 1.29 is 9.26 Å². The first-order chi connectivity index (χ1) is 10.4. The molecule has 0 radical (unpaired) electrons. The molecule has 0 amide bonds. The van der Waals surface area contributed by atoms with E-state index in [1.54, 1.807) is 0 Å². The minimum atomic E-state index is -0.0342. The van der Waals surface area contributed by atoms with Crippen molar-refractivity contribution >= 4 is 11.8 Å². The van der Waals surface area contributed by atoms with Crippen molar-refractivity contribution in [3.63, 3.8) is 0 Å². The Bertz CT molecular complexity index is 625. The molecule has 5 nitrogen and oxygen atoms in total. The largest absolute Gasteiger partial charge is 0.368 e. The van der Waals surface area contributed by atoms with E-state index in [2.05, 4.69) is 39.7 Å². The molecule has 1 fully saturated rings. The summed E-state index contributed by atoms with van der Waals surface area (Å²) in [7, 11) is 0. The van der Waals surface area contributed by atoms with Gasteiger partial charge in [-0.15, -0.1) is 0 Å². The Balaban J connectivity index is 1.61. The van der Waals surface area contributed by atoms with Crippen LogP contribution >= 0.6 is 11.8 Å². The van der Waals surface area contributed by atoms with Gasteiger partial charge < -0.3 is 14.6 Å². The summed E-state index contributed by atoms with van der Waals surface area (Å²) < 4.78 is 11.2. The Labute approximate surface area is 127 Å². The van der Waals surface area contributed by atoms with Crippen molar-refractivity contribution in [1.82, 2.24) is 15.5 Å². The van der Waals surface area contributed by atoms with Gasteiger partial charge in [0.2, 0.25) is 11.7 Å². The van der Waals surface area contributed by atoms with Crippen LogP contribution in [0.15, 0.2) is 28.8 Å². The molecule has 2 unspecified atom stereocenters. The molecule has 6 heteroatoms.